The molecule has 11 heteroatoms. The first-order valence-electron chi connectivity index (χ1n) is 9.15. The van der Waals surface area contributed by atoms with Crippen LogP contribution < -0.4 is 4.31 Å². The Balaban J connectivity index is 2.70. The number of hydrogen-bond acceptors (Lipinski definition) is 8. The average molecular weight is 450 g/mol. The third-order valence-electron chi connectivity index (χ3n) is 4.44. The summed E-state index contributed by atoms with van der Waals surface area (Å²) in [7, 11) is -3.26. The van der Waals surface area contributed by atoms with E-state index in [1.54, 1.807) is 13.8 Å². The number of carbonyl (C=O) groups is 2. The molecule has 166 valence electrons. The molecule has 0 bridgehead atoms. The molecule has 0 atom stereocenters. The molecule has 0 saturated carbocycles. The monoisotopic (exact) mass is 450 g/mol. The Hall–Kier alpha value is -3.47. The van der Waals surface area contributed by atoms with Crippen molar-refractivity contribution in [2.24, 2.45) is 0 Å². The highest BCUT2D eigenvalue weighted by Crippen LogP contribution is 2.30. The number of methoxy groups -OCH3 is 1. The van der Waals surface area contributed by atoms with E-state index in [1.165, 1.54) is 44.4 Å². The largest absolute Gasteiger partial charge is 0.465 e. The highest BCUT2D eigenvalue weighted by molar-refractivity contribution is 7.92. The van der Waals surface area contributed by atoms with E-state index in [0.29, 0.717) is 5.56 Å². The smallest absolute Gasteiger partial charge is 0.337 e. The summed E-state index contributed by atoms with van der Waals surface area (Å²) in [6.07, 6.45) is 0. The maximum Gasteiger partial charge on any atom is 0.337 e. The van der Waals surface area contributed by atoms with Gasteiger partial charge in [0.15, 0.2) is 0 Å². The number of esters is 2. The topological polar surface area (TPSA) is 133 Å². The second-order valence-electron chi connectivity index (χ2n) is 6.51. The number of nitro benzene ring substituents is 1. The number of benzene rings is 2. The van der Waals surface area contributed by atoms with Crippen molar-refractivity contribution in [3.63, 3.8) is 0 Å². The summed E-state index contributed by atoms with van der Waals surface area (Å²) < 4.78 is 37.2. The summed E-state index contributed by atoms with van der Waals surface area (Å²) in [5.74, 6) is -1.52. The fourth-order valence-electron chi connectivity index (χ4n) is 2.82. The van der Waals surface area contributed by atoms with E-state index in [4.69, 9.17) is 4.74 Å². The third-order valence-corrected chi connectivity index (χ3v) is 6.20. The number of aryl methyl sites for hydroxylation is 2. The lowest BCUT2D eigenvalue weighted by molar-refractivity contribution is -0.385. The number of hydrogen-bond donors (Lipinski definition) is 0. The van der Waals surface area contributed by atoms with Crippen LogP contribution in [0, 0.1) is 24.0 Å². The highest BCUT2D eigenvalue weighted by Gasteiger charge is 2.31. The molecule has 0 amide bonds. The van der Waals surface area contributed by atoms with E-state index < -0.39 is 33.4 Å². The Morgan fingerprint density at radius 2 is 1.74 bits per heavy atom. The molecule has 0 heterocycles. The van der Waals surface area contributed by atoms with Gasteiger partial charge in [-0.2, -0.15) is 0 Å². The molecule has 0 aliphatic heterocycles. The fourth-order valence-corrected chi connectivity index (χ4v) is 4.31. The first-order chi connectivity index (χ1) is 14.5. The predicted molar refractivity (Wildman–Crippen MR) is 112 cm³/mol. The Morgan fingerprint density at radius 1 is 1.10 bits per heavy atom. The zero-order valence-corrected chi connectivity index (χ0v) is 18.3. The van der Waals surface area contributed by atoms with Crippen molar-refractivity contribution in [3.05, 3.63) is 63.2 Å². The Kier molecular flexibility index (Phi) is 7.34. The van der Waals surface area contributed by atoms with Crippen LogP contribution >= 0.6 is 0 Å². The maximum absolute atomic E-state index is 13.4. The molecule has 0 unspecified atom stereocenters. The molecule has 0 aromatic heterocycles. The molecule has 2 aromatic rings. The van der Waals surface area contributed by atoms with Crippen LogP contribution in [0.3, 0.4) is 0 Å². The molecule has 0 spiro atoms. The van der Waals surface area contributed by atoms with E-state index in [0.717, 1.165) is 10.4 Å². The molecule has 2 rings (SSSR count). The van der Waals surface area contributed by atoms with Gasteiger partial charge in [-0.05, 0) is 44.5 Å². The maximum atomic E-state index is 13.4. The van der Waals surface area contributed by atoms with E-state index in [2.05, 4.69) is 4.74 Å². The minimum Gasteiger partial charge on any atom is -0.465 e. The summed E-state index contributed by atoms with van der Waals surface area (Å²) >= 11 is 0. The Bertz CT molecular complexity index is 1130. The number of nitrogens with zero attached hydrogens (tertiary/aromatic N) is 2. The van der Waals surface area contributed by atoms with Gasteiger partial charge in [-0.1, -0.05) is 12.1 Å². The zero-order chi connectivity index (χ0) is 23.3. The number of nitro groups is 1. The minimum absolute atomic E-state index is 0.0317. The van der Waals surface area contributed by atoms with Crippen LogP contribution in [0.25, 0.3) is 0 Å². The van der Waals surface area contributed by atoms with E-state index in [1.807, 2.05) is 0 Å². The van der Waals surface area contributed by atoms with Crippen LogP contribution in [0.1, 0.15) is 28.4 Å². The van der Waals surface area contributed by atoms with Crippen molar-refractivity contribution in [1.82, 2.24) is 0 Å². The van der Waals surface area contributed by atoms with Gasteiger partial charge in [0.1, 0.15) is 6.54 Å². The van der Waals surface area contributed by atoms with Crippen molar-refractivity contribution in [3.8, 4) is 0 Å². The number of sulfonamides is 1. The standard InChI is InChI=1S/C20H22N2O8S/c1-5-30-19(23)12-21(17-10-15(20(24)29-4)8-6-13(17)2)31(27,28)16-9-7-14(3)18(11-16)22(25)26/h6-11H,5,12H2,1-4H3. The molecular weight excluding hydrogens is 428 g/mol. The number of anilines is 1. The molecule has 0 fully saturated rings. The summed E-state index contributed by atoms with van der Waals surface area (Å²) in [5.41, 5.74) is 0.463. The zero-order valence-electron chi connectivity index (χ0n) is 17.4. The minimum atomic E-state index is -4.44. The van der Waals surface area contributed by atoms with E-state index >= 15 is 0 Å². The van der Waals surface area contributed by atoms with Crippen LogP contribution in [0.5, 0.6) is 0 Å². The molecule has 0 radical (unpaired) electrons. The van der Waals surface area contributed by atoms with E-state index in [-0.39, 0.29) is 34.0 Å². The lowest BCUT2D eigenvalue weighted by Crippen LogP contribution is -2.37. The van der Waals surface area contributed by atoms with Crippen molar-refractivity contribution < 1.29 is 32.4 Å². The number of rotatable bonds is 8. The molecule has 31 heavy (non-hydrogen) atoms. The van der Waals surface area contributed by atoms with Crippen molar-refractivity contribution in [1.29, 1.82) is 0 Å². The molecule has 0 aliphatic rings. The van der Waals surface area contributed by atoms with Gasteiger partial charge in [0.25, 0.3) is 15.7 Å². The van der Waals surface area contributed by atoms with Gasteiger partial charge in [0.2, 0.25) is 0 Å². The fraction of sp³-hybridized carbons (Fsp3) is 0.300. The van der Waals surface area contributed by atoms with Crippen LogP contribution in [0.4, 0.5) is 11.4 Å². The molecule has 0 N–H and O–H groups in total. The van der Waals surface area contributed by atoms with Crippen LogP contribution in [-0.2, 0) is 24.3 Å². The summed E-state index contributed by atoms with van der Waals surface area (Å²) in [6.45, 7) is 3.99. The quantitative estimate of drug-likeness (QED) is 0.340. The molecule has 10 nitrogen and oxygen atoms in total. The SMILES string of the molecule is CCOC(=O)CN(c1cc(C(=O)OC)ccc1C)S(=O)(=O)c1ccc(C)c([N+](=O)[O-])c1. The lowest BCUT2D eigenvalue weighted by Gasteiger charge is -2.25. The van der Waals surface area contributed by atoms with Crippen LogP contribution in [0.2, 0.25) is 0 Å². The Labute approximate surface area is 179 Å². The number of carbonyl (C=O) groups excluding carboxylic acids is 2. The normalized spacial score (nSPS) is 11.0. The van der Waals surface area contributed by atoms with Gasteiger partial charge < -0.3 is 9.47 Å². The summed E-state index contributed by atoms with van der Waals surface area (Å²) in [5, 5.41) is 11.3. The first kappa shape index (κ1) is 23.8. The van der Waals surface area contributed by atoms with Gasteiger partial charge in [0.05, 0.1) is 34.8 Å². The second-order valence-corrected chi connectivity index (χ2v) is 8.38. The van der Waals surface area contributed by atoms with Gasteiger partial charge in [0, 0.05) is 11.6 Å². The van der Waals surface area contributed by atoms with Crippen molar-refractivity contribution in [2.45, 2.75) is 25.7 Å². The van der Waals surface area contributed by atoms with Crippen molar-refractivity contribution >= 4 is 33.3 Å². The molecule has 2 aromatic carbocycles. The summed E-state index contributed by atoms with van der Waals surface area (Å²) in [6, 6.07) is 7.70. The number of ether oxygens (including phenoxy) is 2. The van der Waals surface area contributed by atoms with Crippen molar-refractivity contribution in [2.75, 3.05) is 24.6 Å². The average Bonchev–Trinajstić information content (AvgIpc) is 2.72. The lowest BCUT2D eigenvalue weighted by atomic mass is 10.1. The second kappa shape index (κ2) is 9.56. The predicted octanol–water partition coefficient (Wildman–Crippen LogP) is 2.76. The Morgan fingerprint density at radius 3 is 2.32 bits per heavy atom. The van der Waals surface area contributed by atoms with Crippen LogP contribution in [0.15, 0.2) is 41.3 Å². The first-order valence-corrected chi connectivity index (χ1v) is 10.6. The van der Waals surface area contributed by atoms with Gasteiger partial charge >= 0.3 is 11.9 Å². The van der Waals surface area contributed by atoms with Gasteiger partial charge in [-0.3, -0.25) is 19.2 Å². The van der Waals surface area contributed by atoms with Gasteiger partial charge in [-0.25, -0.2) is 13.2 Å². The molecular formula is C20H22N2O8S. The third kappa shape index (κ3) is 5.18. The molecule has 0 aliphatic carbocycles. The molecule has 0 saturated heterocycles. The highest BCUT2D eigenvalue weighted by atomic mass is 32.2. The van der Waals surface area contributed by atoms with Gasteiger partial charge in [-0.15, -0.1) is 0 Å². The van der Waals surface area contributed by atoms with Crippen LogP contribution in [-0.4, -0.2) is 45.5 Å². The van der Waals surface area contributed by atoms with E-state index in [9.17, 15) is 28.1 Å². The summed E-state index contributed by atoms with van der Waals surface area (Å²) in [4.78, 5) is 34.4.